The molecule has 1 aliphatic carbocycles. The molecule has 96 valence electrons. The molecule has 0 saturated carbocycles. The molecule has 0 spiro atoms. The molecule has 0 radical (unpaired) electrons. The van der Waals surface area contributed by atoms with Crippen LogP contribution in [-0.4, -0.2) is 6.04 Å². The maximum absolute atomic E-state index is 3.81. The largest absolute Gasteiger partial charge is 0.307 e. The average Bonchev–Trinajstić information content (AvgIpc) is 2.58. The van der Waals surface area contributed by atoms with Crippen molar-refractivity contribution in [2.75, 3.05) is 0 Å². The molecular weight excluding hydrogens is 294 g/mol. The van der Waals surface area contributed by atoms with Gasteiger partial charge in [-0.3, -0.25) is 0 Å². The van der Waals surface area contributed by atoms with Crippen LogP contribution in [0.15, 0.2) is 9.85 Å². The van der Waals surface area contributed by atoms with E-state index in [4.69, 9.17) is 0 Å². The molecule has 0 bridgehead atoms. The number of rotatable bonds is 4. The van der Waals surface area contributed by atoms with Gasteiger partial charge in [0.25, 0.3) is 0 Å². The van der Waals surface area contributed by atoms with E-state index in [-0.39, 0.29) is 0 Å². The van der Waals surface area contributed by atoms with Crippen LogP contribution in [0, 0.1) is 5.92 Å². The molecular formula is C14H22BrNS. The van der Waals surface area contributed by atoms with Crippen molar-refractivity contribution in [3.8, 4) is 0 Å². The maximum Gasteiger partial charge on any atom is 0.0704 e. The van der Waals surface area contributed by atoms with Crippen molar-refractivity contribution in [3.63, 3.8) is 0 Å². The highest BCUT2D eigenvalue weighted by atomic mass is 79.9. The molecule has 1 aromatic rings. The Morgan fingerprint density at radius 3 is 2.94 bits per heavy atom. The molecule has 1 N–H and O–H groups in total. The fourth-order valence-electron chi connectivity index (χ4n) is 2.81. The van der Waals surface area contributed by atoms with Gasteiger partial charge in [-0.05, 0) is 66.1 Å². The first-order valence-electron chi connectivity index (χ1n) is 6.60. The average molecular weight is 316 g/mol. The van der Waals surface area contributed by atoms with Crippen molar-refractivity contribution in [2.45, 2.75) is 58.5 Å². The molecule has 2 rings (SSSR count). The summed E-state index contributed by atoms with van der Waals surface area (Å²) in [6.07, 6.45) is 5.14. The lowest BCUT2D eigenvalue weighted by Crippen LogP contribution is -2.33. The third-order valence-corrected chi connectivity index (χ3v) is 5.11. The van der Waals surface area contributed by atoms with Crippen LogP contribution in [0.2, 0.25) is 0 Å². The molecule has 0 amide bonds. The van der Waals surface area contributed by atoms with E-state index >= 15 is 0 Å². The first-order chi connectivity index (χ1) is 8.06. The number of hydrogen-bond donors (Lipinski definition) is 1. The van der Waals surface area contributed by atoms with Crippen LogP contribution in [0.25, 0.3) is 0 Å². The Morgan fingerprint density at radius 1 is 1.47 bits per heavy atom. The zero-order valence-electron chi connectivity index (χ0n) is 10.9. The SMILES string of the molecule is CC(C)CC(C)NC1CCCc2sc(Br)cc21. The Labute approximate surface area is 117 Å². The highest BCUT2D eigenvalue weighted by molar-refractivity contribution is 9.11. The second-order valence-corrected chi connectivity index (χ2v) is 8.09. The molecule has 0 saturated heterocycles. The van der Waals surface area contributed by atoms with E-state index in [0.29, 0.717) is 12.1 Å². The fraction of sp³-hybridized carbons (Fsp3) is 0.714. The molecule has 17 heavy (non-hydrogen) atoms. The lowest BCUT2D eigenvalue weighted by Gasteiger charge is -2.28. The number of hydrogen-bond acceptors (Lipinski definition) is 2. The van der Waals surface area contributed by atoms with Gasteiger partial charge in [0.15, 0.2) is 0 Å². The molecule has 2 unspecified atom stereocenters. The van der Waals surface area contributed by atoms with Gasteiger partial charge in [0.05, 0.1) is 3.79 Å². The summed E-state index contributed by atoms with van der Waals surface area (Å²) in [5.41, 5.74) is 1.55. The summed E-state index contributed by atoms with van der Waals surface area (Å²) in [6, 6.07) is 3.51. The zero-order chi connectivity index (χ0) is 12.4. The smallest absolute Gasteiger partial charge is 0.0704 e. The highest BCUT2D eigenvalue weighted by Crippen LogP contribution is 2.38. The van der Waals surface area contributed by atoms with E-state index < -0.39 is 0 Å². The van der Waals surface area contributed by atoms with Crippen LogP contribution in [0.5, 0.6) is 0 Å². The van der Waals surface area contributed by atoms with Crippen molar-refractivity contribution >= 4 is 27.3 Å². The normalized spacial score (nSPS) is 21.6. The molecule has 3 heteroatoms. The van der Waals surface area contributed by atoms with Crippen molar-refractivity contribution in [1.29, 1.82) is 0 Å². The fourth-order valence-corrected chi connectivity index (χ4v) is 4.63. The topological polar surface area (TPSA) is 12.0 Å². The van der Waals surface area contributed by atoms with Gasteiger partial charge in [-0.2, -0.15) is 0 Å². The van der Waals surface area contributed by atoms with Crippen molar-refractivity contribution in [3.05, 3.63) is 20.3 Å². The first kappa shape index (κ1) is 13.6. The van der Waals surface area contributed by atoms with Gasteiger partial charge in [-0.15, -0.1) is 11.3 Å². The van der Waals surface area contributed by atoms with Crippen LogP contribution in [0.1, 0.15) is 56.5 Å². The molecule has 2 atom stereocenters. The monoisotopic (exact) mass is 315 g/mol. The second kappa shape index (κ2) is 5.85. The van der Waals surface area contributed by atoms with Gasteiger partial charge in [-0.1, -0.05) is 13.8 Å². The predicted molar refractivity (Wildman–Crippen MR) is 79.8 cm³/mol. The molecule has 1 heterocycles. The van der Waals surface area contributed by atoms with E-state index in [1.54, 1.807) is 10.4 Å². The number of nitrogens with one attached hydrogen (secondary N) is 1. The molecule has 0 aromatic carbocycles. The highest BCUT2D eigenvalue weighted by Gasteiger charge is 2.23. The Hall–Kier alpha value is 0.140. The van der Waals surface area contributed by atoms with Gasteiger partial charge in [0, 0.05) is 17.0 Å². The zero-order valence-corrected chi connectivity index (χ0v) is 13.3. The number of thiophene rings is 1. The van der Waals surface area contributed by atoms with E-state index in [1.807, 2.05) is 11.3 Å². The summed E-state index contributed by atoms with van der Waals surface area (Å²) < 4.78 is 1.28. The quantitative estimate of drug-likeness (QED) is 0.832. The number of fused-ring (bicyclic) bond motifs is 1. The molecule has 0 fully saturated rings. The van der Waals surface area contributed by atoms with Gasteiger partial charge < -0.3 is 5.32 Å². The molecule has 0 aliphatic heterocycles. The van der Waals surface area contributed by atoms with Gasteiger partial charge in [0.1, 0.15) is 0 Å². The van der Waals surface area contributed by atoms with Crippen LogP contribution < -0.4 is 5.32 Å². The summed E-state index contributed by atoms with van der Waals surface area (Å²) in [6.45, 7) is 6.91. The lowest BCUT2D eigenvalue weighted by molar-refractivity contribution is 0.368. The third kappa shape index (κ3) is 3.55. The van der Waals surface area contributed by atoms with Crippen LogP contribution >= 0.6 is 27.3 Å². The van der Waals surface area contributed by atoms with Crippen molar-refractivity contribution in [1.82, 2.24) is 5.32 Å². The third-order valence-electron chi connectivity index (χ3n) is 3.39. The van der Waals surface area contributed by atoms with Crippen molar-refractivity contribution in [2.24, 2.45) is 5.92 Å². The van der Waals surface area contributed by atoms with E-state index in [9.17, 15) is 0 Å². The Balaban J connectivity index is 2.03. The minimum atomic E-state index is 0.579. The minimum Gasteiger partial charge on any atom is -0.307 e. The van der Waals surface area contributed by atoms with Gasteiger partial charge >= 0.3 is 0 Å². The van der Waals surface area contributed by atoms with Crippen LogP contribution in [-0.2, 0) is 6.42 Å². The van der Waals surface area contributed by atoms with Crippen molar-refractivity contribution < 1.29 is 0 Å². The van der Waals surface area contributed by atoms with E-state index in [1.165, 1.54) is 29.5 Å². The second-order valence-electron chi connectivity index (χ2n) is 5.57. The van der Waals surface area contributed by atoms with E-state index in [0.717, 1.165) is 5.92 Å². The Morgan fingerprint density at radius 2 is 2.24 bits per heavy atom. The summed E-state index contributed by atoms with van der Waals surface area (Å²) in [5, 5.41) is 3.81. The maximum atomic E-state index is 3.81. The Kier molecular flexibility index (Phi) is 4.67. The Bertz CT molecular complexity index is 372. The summed E-state index contributed by atoms with van der Waals surface area (Å²) in [4.78, 5) is 1.58. The van der Waals surface area contributed by atoms with Crippen LogP contribution in [0.4, 0.5) is 0 Å². The first-order valence-corrected chi connectivity index (χ1v) is 8.21. The molecule has 1 aromatic heterocycles. The van der Waals surface area contributed by atoms with E-state index in [2.05, 4.69) is 48.1 Å². The predicted octanol–water partition coefficient (Wildman–Crippen LogP) is 4.91. The number of aryl methyl sites for hydroxylation is 1. The van der Waals surface area contributed by atoms with Crippen LogP contribution in [0.3, 0.4) is 0 Å². The summed E-state index contributed by atoms with van der Waals surface area (Å²) in [7, 11) is 0. The van der Waals surface area contributed by atoms with Gasteiger partial charge in [-0.25, -0.2) is 0 Å². The molecule has 1 nitrogen and oxygen atoms in total. The molecule has 1 aliphatic rings. The lowest BCUT2D eigenvalue weighted by atomic mass is 9.92. The summed E-state index contributed by atoms with van der Waals surface area (Å²) >= 11 is 5.53. The standard InChI is InChI=1S/C14H22BrNS/c1-9(2)7-10(3)16-12-5-4-6-13-11(12)8-14(15)17-13/h8-10,12,16H,4-7H2,1-3H3. The van der Waals surface area contributed by atoms with Gasteiger partial charge in [0.2, 0.25) is 0 Å². The minimum absolute atomic E-state index is 0.579. The summed E-state index contributed by atoms with van der Waals surface area (Å²) in [5.74, 6) is 0.773. The number of halogens is 1.